The number of aromatic nitrogens is 3. The SMILES string of the molecule is C=C/C=C\c1c(C)n(-c2ccccc2)c2cc(-c3ccc(-c4cc(-c5cccc6c5-c5ccccc5C6(c5ccccc5)c5ccccc5)nc(-c5ccccc5)n4)c4ccccc34)ccc12. The molecule has 0 atom stereocenters. The monoisotopic (exact) mass is 855 g/mol. The number of para-hydroxylation sites is 1. The van der Waals surface area contributed by atoms with Crippen molar-refractivity contribution >= 4 is 27.8 Å². The molecule has 0 aliphatic heterocycles. The van der Waals surface area contributed by atoms with E-state index in [-0.39, 0.29) is 0 Å². The van der Waals surface area contributed by atoms with E-state index in [4.69, 9.17) is 9.97 Å². The third-order valence-electron chi connectivity index (χ3n) is 13.7. The molecule has 1 aliphatic carbocycles. The number of allylic oxidation sites excluding steroid dienone is 2. The van der Waals surface area contributed by atoms with Crippen molar-refractivity contribution < 1.29 is 0 Å². The van der Waals surface area contributed by atoms with Crippen molar-refractivity contribution in [3.8, 4) is 61.8 Å². The Morgan fingerprint density at radius 2 is 1.03 bits per heavy atom. The summed E-state index contributed by atoms with van der Waals surface area (Å²) in [7, 11) is 0. The maximum atomic E-state index is 5.45. The Morgan fingerprint density at radius 1 is 0.463 bits per heavy atom. The lowest BCUT2D eigenvalue weighted by Crippen LogP contribution is -2.28. The first-order valence-corrected chi connectivity index (χ1v) is 22.9. The molecule has 0 saturated heterocycles. The molecule has 0 radical (unpaired) electrons. The summed E-state index contributed by atoms with van der Waals surface area (Å²) in [5.74, 6) is 0.686. The molecule has 3 heteroatoms. The number of fused-ring (bicyclic) bond motifs is 5. The van der Waals surface area contributed by atoms with Gasteiger partial charge in [-0.15, -0.1) is 0 Å². The molecular formula is C64H45N3. The van der Waals surface area contributed by atoms with E-state index in [2.05, 4.69) is 243 Å². The molecule has 0 unspecified atom stereocenters. The lowest BCUT2D eigenvalue weighted by atomic mass is 9.67. The average molecular weight is 856 g/mol. The molecule has 0 fully saturated rings. The van der Waals surface area contributed by atoms with Gasteiger partial charge in [0.2, 0.25) is 0 Å². The predicted octanol–water partition coefficient (Wildman–Crippen LogP) is 16.1. The number of benzene rings is 9. The molecule has 11 aromatic rings. The van der Waals surface area contributed by atoms with E-state index in [1.54, 1.807) is 0 Å². The maximum Gasteiger partial charge on any atom is 0.160 e. The minimum atomic E-state index is -0.525. The van der Waals surface area contributed by atoms with Gasteiger partial charge in [-0.25, -0.2) is 9.97 Å². The Morgan fingerprint density at radius 3 is 1.73 bits per heavy atom. The highest BCUT2D eigenvalue weighted by atomic mass is 15.0. The van der Waals surface area contributed by atoms with Crippen LogP contribution < -0.4 is 0 Å². The summed E-state index contributed by atoms with van der Waals surface area (Å²) in [5, 5.41) is 3.49. The summed E-state index contributed by atoms with van der Waals surface area (Å²) in [4.78, 5) is 10.9. The molecule has 3 nitrogen and oxygen atoms in total. The van der Waals surface area contributed by atoms with Crippen molar-refractivity contribution in [2.24, 2.45) is 0 Å². The molecule has 1 aliphatic rings. The minimum Gasteiger partial charge on any atom is -0.313 e. The Kier molecular flexibility index (Phi) is 9.77. The van der Waals surface area contributed by atoms with Gasteiger partial charge in [0.15, 0.2) is 5.82 Å². The molecule has 0 bridgehead atoms. The van der Waals surface area contributed by atoms with Crippen LogP contribution in [0.4, 0.5) is 0 Å². The largest absolute Gasteiger partial charge is 0.313 e. The summed E-state index contributed by atoms with van der Waals surface area (Å²) in [6, 6.07) is 81.0. The second kappa shape index (κ2) is 16.4. The van der Waals surface area contributed by atoms with Crippen molar-refractivity contribution in [3.05, 3.63) is 277 Å². The molecule has 0 saturated carbocycles. The standard InChI is InChI=1S/C64H45N3/c1-3-4-30-49-43(2)67(48-28-15-8-16-29-48)61-41-45(37-38-54(49)61)50-39-40-53(52-32-18-17-31-51(50)52)59-42-60(66-63(65-59)44-22-9-5-10-23-44)56-34-21-36-58-62(56)55-33-19-20-35-57(55)64(58,46-24-11-6-12-25-46)47-26-13-7-14-27-47/h3-42H,1H2,2H3/b30-4-. The maximum absolute atomic E-state index is 5.45. The van der Waals surface area contributed by atoms with Gasteiger partial charge in [0.25, 0.3) is 0 Å². The van der Waals surface area contributed by atoms with Crippen molar-refractivity contribution in [2.75, 3.05) is 0 Å². The molecule has 316 valence electrons. The van der Waals surface area contributed by atoms with E-state index < -0.39 is 5.41 Å². The van der Waals surface area contributed by atoms with Crippen molar-refractivity contribution in [2.45, 2.75) is 12.3 Å². The zero-order valence-electron chi connectivity index (χ0n) is 37.1. The van der Waals surface area contributed by atoms with Gasteiger partial charge in [0, 0.05) is 39.0 Å². The fourth-order valence-electron chi connectivity index (χ4n) is 10.8. The van der Waals surface area contributed by atoms with Crippen LogP contribution in [0.1, 0.15) is 33.5 Å². The summed E-state index contributed by atoms with van der Waals surface area (Å²) < 4.78 is 2.37. The van der Waals surface area contributed by atoms with Gasteiger partial charge >= 0.3 is 0 Å². The van der Waals surface area contributed by atoms with Gasteiger partial charge < -0.3 is 4.57 Å². The fourth-order valence-corrected chi connectivity index (χ4v) is 10.8. The van der Waals surface area contributed by atoms with Gasteiger partial charge in [-0.3, -0.25) is 0 Å². The zero-order valence-corrected chi connectivity index (χ0v) is 37.1. The van der Waals surface area contributed by atoms with E-state index in [1.807, 2.05) is 18.2 Å². The van der Waals surface area contributed by atoms with Crippen LogP contribution in [-0.2, 0) is 5.41 Å². The van der Waals surface area contributed by atoms with E-state index >= 15 is 0 Å². The lowest BCUT2D eigenvalue weighted by molar-refractivity contribution is 0.768. The van der Waals surface area contributed by atoms with Crippen molar-refractivity contribution in [1.29, 1.82) is 0 Å². The van der Waals surface area contributed by atoms with Gasteiger partial charge in [-0.05, 0) is 86.5 Å². The lowest BCUT2D eigenvalue weighted by Gasteiger charge is -2.33. The van der Waals surface area contributed by atoms with Gasteiger partial charge in [-0.2, -0.15) is 0 Å². The summed E-state index contributed by atoms with van der Waals surface area (Å²) >= 11 is 0. The Hall–Kier alpha value is -8.66. The van der Waals surface area contributed by atoms with Crippen LogP contribution in [0.15, 0.2) is 243 Å². The van der Waals surface area contributed by atoms with Crippen molar-refractivity contribution in [3.63, 3.8) is 0 Å². The van der Waals surface area contributed by atoms with Crippen LogP contribution in [0.5, 0.6) is 0 Å². The second-order valence-corrected chi connectivity index (χ2v) is 17.3. The highest BCUT2D eigenvalue weighted by Gasteiger charge is 2.46. The first-order chi connectivity index (χ1) is 33.1. The van der Waals surface area contributed by atoms with Crippen molar-refractivity contribution in [1.82, 2.24) is 14.5 Å². The van der Waals surface area contributed by atoms with Gasteiger partial charge in [0.1, 0.15) is 0 Å². The number of hydrogen-bond acceptors (Lipinski definition) is 2. The summed E-state index contributed by atoms with van der Waals surface area (Å²) in [6.07, 6.45) is 6.02. The molecule has 9 aromatic carbocycles. The van der Waals surface area contributed by atoms with Crippen LogP contribution in [0.3, 0.4) is 0 Å². The fraction of sp³-hybridized carbons (Fsp3) is 0.0312. The van der Waals surface area contributed by atoms with Gasteiger partial charge in [0.05, 0.1) is 22.3 Å². The van der Waals surface area contributed by atoms with E-state index in [9.17, 15) is 0 Å². The quantitative estimate of drug-likeness (QED) is 0.135. The zero-order chi connectivity index (χ0) is 44.9. The molecule has 0 amide bonds. The second-order valence-electron chi connectivity index (χ2n) is 17.3. The molecular weight excluding hydrogens is 811 g/mol. The predicted molar refractivity (Wildman–Crippen MR) is 279 cm³/mol. The number of hydrogen-bond donors (Lipinski definition) is 0. The van der Waals surface area contributed by atoms with Crippen LogP contribution in [0.25, 0.3) is 89.6 Å². The average Bonchev–Trinajstić information content (AvgIpc) is 3.86. The van der Waals surface area contributed by atoms with Crippen LogP contribution in [0, 0.1) is 6.92 Å². The van der Waals surface area contributed by atoms with E-state index in [1.165, 1.54) is 50.0 Å². The number of rotatable bonds is 9. The first kappa shape index (κ1) is 39.9. The van der Waals surface area contributed by atoms with Crippen LogP contribution in [-0.4, -0.2) is 14.5 Å². The topological polar surface area (TPSA) is 30.7 Å². The molecule has 0 spiro atoms. The third-order valence-corrected chi connectivity index (χ3v) is 13.7. The molecule has 2 aromatic heterocycles. The summed E-state index contributed by atoms with van der Waals surface area (Å²) in [5.41, 5.74) is 18.7. The van der Waals surface area contributed by atoms with Crippen LogP contribution in [0.2, 0.25) is 0 Å². The normalized spacial score (nSPS) is 12.7. The van der Waals surface area contributed by atoms with Gasteiger partial charge in [-0.1, -0.05) is 225 Å². The van der Waals surface area contributed by atoms with Crippen LogP contribution >= 0.6 is 0 Å². The molecule has 67 heavy (non-hydrogen) atoms. The highest BCUT2D eigenvalue weighted by molar-refractivity contribution is 6.07. The molecule has 12 rings (SSSR count). The summed E-state index contributed by atoms with van der Waals surface area (Å²) in [6.45, 7) is 6.15. The Balaban J connectivity index is 1.07. The Bertz CT molecular complexity index is 3660. The third kappa shape index (κ3) is 6.42. The van der Waals surface area contributed by atoms with E-state index in [0.717, 1.165) is 61.2 Å². The van der Waals surface area contributed by atoms with E-state index in [0.29, 0.717) is 5.82 Å². The number of nitrogens with zero attached hydrogens (tertiary/aromatic N) is 3. The smallest absolute Gasteiger partial charge is 0.160 e. The highest BCUT2D eigenvalue weighted by Crippen LogP contribution is 2.58. The minimum absolute atomic E-state index is 0.525. The first-order valence-electron chi connectivity index (χ1n) is 22.9. The molecule has 0 N–H and O–H groups in total. The molecule has 2 heterocycles. The Labute approximate surface area is 391 Å².